The van der Waals surface area contributed by atoms with E-state index in [-0.39, 0.29) is 5.91 Å². The second-order valence-electron chi connectivity index (χ2n) is 3.96. The van der Waals surface area contributed by atoms with Gasteiger partial charge in [0.15, 0.2) is 0 Å². The molecule has 2 aromatic rings. The molecule has 0 saturated heterocycles. The van der Waals surface area contributed by atoms with Crippen LogP contribution in [0.4, 0.5) is 0 Å². The Labute approximate surface area is 106 Å². The van der Waals surface area contributed by atoms with Crippen molar-refractivity contribution in [3.63, 3.8) is 0 Å². The van der Waals surface area contributed by atoms with Gasteiger partial charge in [-0.1, -0.05) is 30.3 Å². The van der Waals surface area contributed by atoms with E-state index in [1.165, 1.54) is 6.20 Å². The number of amides is 1. The maximum Gasteiger partial charge on any atom is 0.276 e. The molecule has 1 amide bonds. The van der Waals surface area contributed by atoms with Crippen LogP contribution in [-0.4, -0.2) is 10.9 Å². The molecule has 0 unspecified atom stereocenters. The quantitative estimate of drug-likeness (QED) is 0.837. The summed E-state index contributed by atoms with van der Waals surface area (Å²) in [6.45, 7) is 2.22. The Bertz CT molecular complexity index is 526. The van der Waals surface area contributed by atoms with Crippen molar-refractivity contribution < 1.29 is 9.63 Å². The van der Waals surface area contributed by atoms with Gasteiger partial charge in [0.25, 0.3) is 5.91 Å². The van der Waals surface area contributed by atoms with Gasteiger partial charge in [0.1, 0.15) is 0 Å². The number of benzene rings is 1. The number of nitrogens with one attached hydrogen (secondary N) is 1. The van der Waals surface area contributed by atoms with Gasteiger partial charge in [-0.2, -0.15) is 0 Å². The monoisotopic (exact) mass is 242 g/mol. The molecule has 2 rings (SSSR count). The molecule has 0 aliphatic carbocycles. The Kier molecular flexibility index (Phi) is 4.04. The van der Waals surface area contributed by atoms with Crippen LogP contribution < -0.4 is 5.48 Å². The lowest BCUT2D eigenvalue weighted by atomic mass is 10.2. The van der Waals surface area contributed by atoms with Crippen molar-refractivity contribution >= 4 is 5.91 Å². The molecule has 0 aliphatic rings. The summed E-state index contributed by atoms with van der Waals surface area (Å²) in [5.74, 6) is -0.290. The van der Waals surface area contributed by atoms with E-state index in [1.807, 2.05) is 37.3 Å². The van der Waals surface area contributed by atoms with Gasteiger partial charge in [-0.15, -0.1) is 0 Å². The SMILES string of the molecule is Cc1cncc(C(=O)NOCc2ccccc2)c1. The highest BCUT2D eigenvalue weighted by atomic mass is 16.6. The first-order valence-corrected chi connectivity index (χ1v) is 5.63. The van der Waals surface area contributed by atoms with E-state index < -0.39 is 0 Å². The Morgan fingerprint density at radius 1 is 1.28 bits per heavy atom. The highest BCUT2D eigenvalue weighted by Crippen LogP contribution is 2.02. The number of nitrogens with zero attached hydrogens (tertiary/aromatic N) is 1. The second kappa shape index (κ2) is 5.93. The van der Waals surface area contributed by atoms with Crippen LogP contribution in [-0.2, 0) is 11.4 Å². The van der Waals surface area contributed by atoms with E-state index in [0.717, 1.165) is 11.1 Å². The molecule has 4 heteroatoms. The Morgan fingerprint density at radius 2 is 2.06 bits per heavy atom. The van der Waals surface area contributed by atoms with Crippen LogP contribution in [0.15, 0.2) is 48.8 Å². The van der Waals surface area contributed by atoms with Gasteiger partial charge < -0.3 is 0 Å². The standard InChI is InChI=1S/C14H14N2O2/c1-11-7-13(9-15-8-11)14(17)16-18-10-12-5-3-2-4-6-12/h2-9H,10H2,1H3,(H,16,17). The van der Waals surface area contributed by atoms with E-state index in [0.29, 0.717) is 12.2 Å². The van der Waals surface area contributed by atoms with Gasteiger partial charge in [-0.3, -0.25) is 14.6 Å². The van der Waals surface area contributed by atoms with Crippen LogP contribution in [0.1, 0.15) is 21.5 Å². The number of pyridine rings is 1. The largest absolute Gasteiger partial charge is 0.276 e. The summed E-state index contributed by atoms with van der Waals surface area (Å²) < 4.78 is 0. The zero-order valence-electron chi connectivity index (χ0n) is 10.1. The first-order chi connectivity index (χ1) is 8.75. The van der Waals surface area contributed by atoms with Crippen LogP contribution in [0, 0.1) is 6.92 Å². The minimum atomic E-state index is -0.290. The van der Waals surface area contributed by atoms with Gasteiger partial charge in [0, 0.05) is 12.4 Å². The van der Waals surface area contributed by atoms with Crippen LogP contribution in [0.25, 0.3) is 0 Å². The Hall–Kier alpha value is -2.20. The van der Waals surface area contributed by atoms with Crippen molar-refractivity contribution in [1.29, 1.82) is 0 Å². The van der Waals surface area contributed by atoms with Crippen molar-refractivity contribution in [2.24, 2.45) is 0 Å². The van der Waals surface area contributed by atoms with Crippen molar-refractivity contribution in [3.05, 3.63) is 65.5 Å². The molecular weight excluding hydrogens is 228 g/mol. The summed E-state index contributed by atoms with van der Waals surface area (Å²) in [5, 5.41) is 0. The van der Waals surface area contributed by atoms with E-state index in [2.05, 4.69) is 10.5 Å². The highest BCUT2D eigenvalue weighted by Gasteiger charge is 2.05. The lowest BCUT2D eigenvalue weighted by Crippen LogP contribution is -2.23. The molecule has 1 aromatic carbocycles. The smallest absolute Gasteiger partial charge is 0.269 e. The number of hydroxylamine groups is 1. The third kappa shape index (κ3) is 3.40. The minimum absolute atomic E-state index is 0.290. The molecule has 18 heavy (non-hydrogen) atoms. The Morgan fingerprint density at radius 3 is 2.78 bits per heavy atom. The molecule has 0 fully saturated rings. The zero-order valence-corrected chi connectivity index (χ0v) is 10.1. The molecule has 1 aromatic heterocycles. The van der Waals surface area contributed by atoms with Crippen LogP contribution >= 0.6 is 0 Å². The normalized spacial score (nSPS) is 10.1. The average Bonchev–Trinajstić information content (AvgIpc) is 2.40. The average molecular weight is 242 g/mol. The first kappa shape index (κ1) is 12.3. The molecular formula is C14H14N2O2. The maximum atomic E-state index is 11.7. The van der Waals surface area contributed by atoms with E-state index in [4.69, 9.17) is 4.84 Å². The molecule has 0 bridgehead atoms. The molecule has 92 valence electrons. The Balaban J connectivity index is 1.86. The van der Waals surface area contributed by atoms with Gasteiger partial charge in [-0.05, 0) is 24.1 Å². The van der Waals surface area contributed by atoms with Gasteiger partial charge in [0.05, 0.1) is 12.2 Å². The fraction of sp³-hybridized carbons (Fsp3) is 0.143. The summed E-state index contributed by atoms with van der Waals surface area (Å²) in [6.07, 6.45) is 3.20. The van der Waals surface area contributed by atoms with Crippen LogP contribution in [0.3, 0.4) is 0 Å². The summed E-state index contributed by atoms with van der Waals surface area (Å²) in [4.78, 5) is 20.8. The van der Waals surface area contributed by atoms with Crippen molar-refractivity contribution in [1.82, 2.24) is 10.5 Å². The number of hydrogen-bond acceptors (Lipinski definition) is 3. The first-order valence-electron chi connectivity index (χ1n) is 5.63. The van der Waals surface area contributed by atoms with E-state index in [9.17, 15) is 4.79 Å². The molecule has 0 saturated carbocycles. The molecule has 0 aliphatic heterocycles. The van der Waals surface area contributed by atoms with Crippen LogP contribution in [0.5, 0.6) is 0 Å². The zero-order chi connectivity index (χ0) is 12.8. The van der Waals surface area contributed by atoms with E-state index >= 15 is 0 Å². The number of aromatic nitrogens is 1. The number of aryl methyl sites for hydroxylation is 1. The molecule has 4 nitrogen and oxygen atoms in total. The van der Waals surface area contributed by atoms with Crippen molar-refractivity contribution in [2.75, 3.05) is 0 Å². The summed E-state index contributed by atoms with van der Waals surface area (Å²) >= 11 is 0. The lowest BCUT2D eigenvalue weighted by molar-refractivity contribution is 0.0233. The van der Waals surface area contributed by atoms with Gasteiger partial charge in [0.2, 0.25) is 0 Å². The summed E-state index contributed by atoms with van der Waals surface area (Å²) in [6, 6.07) is 11.4. The van der Waals surface area contributed by atoms with Crippen molar-refractivity contribution in [2.45, 2.75) is 13.5 Å². The minimum Gasteiger partial charge on any atom is -0.269 e. The predicted octanol–water partition coefficient (Wildman–Crippen LogP) is 2.25. The van der Waals surface area contributed by atoms with E-state index in [1.54, 1.807) is 12.3 Å². The molecule has 0 atom stereocenters. The number of hydrogen-bond donors (Lipinski definition) is 1. The highest BCUT2D eigenvalue weighted by molar-refractivity contribution is 5.93. The number of carbonyl (C=O) groups is 1. The fourth-order valence-electron chi connectivity index (χ4n) is 1.50. The topological polar surface area (TPSA) is 51.2 Å². The predicted molar refractivity (Wildman–Crippen MR) is 67.7 cm³/mol. The van der Waals surface area contributed by atoms with Gasteiger partial charge >= 0.3 is 0 Å². The molecule has 0 radical (unpaired) electrons. The maximum absolute atomic E-state index is 11.7. The van der Waals surface area contributed by atoms with Crippen LogP contribution in [0.2, 0.25) is 0 Å². The lowest BCUT2D eigenvalue weighted by Gasteiger charge is -2.06. The number of carbonyl (C=O) groups excluding carboxylic acids is 1. The third-order valence-corrected chi connectivity index (χ3v) is 2.38. The van der Waals surface area contributed by atoms with Gasteiger partial charge in [-0.25, -0.2) is 5.48 Å². The molecule has 1 heterocycles. The fourth-order valence-corrected chi connectivity index (χ4v) is 1.50. The summed E-state index contributed by atoms with van der Waals surface area (Å²) in [5.41, 5.74) is 4.82. The third-order valence-electron chi connectivity index (χ3n) is 2.38. The molecule has 0 spiro atoms. The number of rotatable bonds is 4. The second-order valence-corrected chi connectivity index (χ2v) is 3.96. The van der Waals surface area contributed by atoms with Crippen molar-refractivity contribution in [3.8, 4) is 0 Å². The molecule has 1 N–H and O–H groups in total. The summed E-state index contributed by atoms with van der Waals surface area (Å²) in [7, 11) is 0.